The topological polar surface area (TPSA) is 42.1 Å². The van der Waals surface area contributed by atoms with Crippen LogP contribution in [0.15, 0.2) is 5.38 Å². The number of hydrogen-bond acceptors (Lipinski definition) is 4. The van der Waals surface area contributed by atoms with E-state index in [-0.39, 0.29) is 0 Å². The summed E-state index contributed by atoms with van der Waals surface area (Å²) in [5.74, 6) is 0. The van der Waals surface area contributed by atoms with Crippen LogP contribution in [0.3, 0.4) is 0 Å². The second kappa shape index (κ2) is 5.48. The molecule has 0 bridgehead atoms. The second-order valence-electron chi connectivity index (χ2n) is 2.75. The van der Waals surface area contributed by atoms with E-state index in [9.17, 15) is 0 Å². The quantitative estimate of drug-likeness (QED) is 0.814. The fourth-order valence-corrected chi connectivity index (χ4v) is 2.16. The van der Waals surface area contributed by atoms with Gasteiger partial charge in [-0.05, 0) is 6.92 Å². The molecule has 0 atom stereocenters. The van der Waals surface area contributed by atoms with Crippen molar-refractivity contribution in [2.24, 2.45) is 5.73 Å². The van der Waals surface area contributed by atoms with Crippen LogP contribution in [-0.2, 0) is 0 Å². The van der Waals surface area contributed by atoms with E-state index in [4.69, 9.17) is 29.6 Å². The summed E-state index contributed by atoms with van der Waals surface area (Å²) in [6, 6.07) is 0. The average Bonchev–Trinajstić information content (AvgIpc) is 2.53. The molecule has 0 unspecified atom stereocenters. The second-order valence-corrected chi connectivity index (χ2v) is 4.50. The smallest absolute Gasteiger partial charge is 0.186 e. The molecule has 1 aromatic heterocycles. The summed E-state index contributed by atoms with van der Waals surface area (Å²) in [7, 11) is 0. The van der Waals surface area contributed by atoms with Crippen LogP contribution in [0.5, 0.6) is 0 Å². The first kappa shape index (κ1) is 11.7. The number of aromatic nitrogens is 1. The van der Waals surface area contributed by atoms with Crippen molar-refractivity contribution in [2.45, 2.75) is 13.3 Å². The number of thiazole rings is 1. The van der Waals surface area contributed by atoms with Crippen LogP contribution >= 0.6 is 35.2 Å². The molecular weight excluding hydrogens is 238 g/mol. The average molecular weight is 250 g/mol. The SMILES string of the molecule is CCN(CCC(N)=S)c1nc(Cl)cs1. The number of hydrogen-bond donors (Lipinski definition) is 1. The standard InChI is InChI=1S/C8H12ClN3S2/c1-2-12(4-3-7(10)13)8-11-6(9)5-14-8/h5H,2-4H2,1H3,(H2,10,13). The molecular formula is C8H12ClN3S2. The minimum Gasteiger partial charge on any atom is -0.393 e. The molecule has 0 fully saturated rings. The Morgan fingerprint density at radius 2 is 2.50 bits per heavy atom. The molecule has 0 aliphatic heterocycles. The van der Waals surface area contributed by atoms with Crippen molar-refractivity contribution in [3.63, 3.8) is 0 Å². The molecule has 14 heavy (non-hydrogen) atoms. The highest BCUT2D eigenvalue weighted by Gasteiger charge is 2.08. The largest absolute Gasteiger partial charge is 0.393 e. The Morgan fingerprint density at radius 1 is 1.79 bits per heavy atom. The summed E-state index contributed by atoms with van der Waals surface area (Å²) in [4.78, 5) is 6.83. The third-order valence-electron chi connectivity index (χ3n) is 1.74. The molecule has 0 aliphatic carbocycles. The van der Waals surface area contributed by atoms with Gasteiger partial charge in [0.15, 0.2) is 5.13 Å². The number of nitrogens with two attached hydrogens (primary N) is 1. The molecule has 1 rings (SSSR count). The third-order valence-corrected chi connectivity index (χ3v) is 3.17. The monoisotopic (exact) mass is 249 g/mol. The predicted molar refractivity (Wildman–Crippen MR) is 66.4 cm³/mol. The Labute approximate surface area is 97.9 Å². The van der Waals surface area contributed by atoms with Gasteiger partial charge in [-0.1, -0.05) is 23.8 Å². The molecule has 0 radical (unpaired) electrons. The van der Waals surface area contributed by atoms with Crippen LogP contribution in [0.25, 0.3) is 0 Å². The van der Waals surface area contributed by atoms with Crippen LogP contribution in [0.2, 0.25) is 5.15 Å². The Hall–Kier alpha value is -0.390. The maximum atomic E-state index is 5.75. The summed E-state index contributed by atoms with van der Waals surface area (Å²) < 4.78 is 0. The van der Waals surface area contributed by atoms with Gasteiger partial charge in [-0.3, -0.25) is 0 Å². The number of thiocarbonyl (C=S) groups is 1. The number of nitrogens with zero attached hydrogens (tertiary/aromatic N) is 2. The number of halogens is 1. The lowest BCUT2D eigenvalue weighted by atomic mass is 10.4. The maximum Gasteiger partial charge on any atom is 0.186 e. The first-order valence-corrected chi connectivity index (χ1v) is 5.94. The summed E-state index contributed by atoms with van der Waals surface area (Å²) >= 11 is 12.1. The highest BCUT2D eigenvalue weighted by molar-refractivity contribution is 7.80. The van der Waals surface area contributed by atoms with E-state index in [0.29, 0.717) is 16.6 Å². The van der Waals surface area contributed by atoms with Gasteiger partial charge < -0.3 is 10.6 Å². The van der Waals surface area contributed by atoms with Crippen LogP contribution in [0.4, 0.5) is 5.13 Å². The zero-order valence-corrected chi connectivity index (χ0v) is 10.3. The van der Waals surface area contributed by atoms with Crippen molar-refractivity contribution >= 4 is 45.3 Å². The maximum absolute atomic E-state index is 5.75. The fourth-order valence-electron chi connectivity index (χ4n) is 1.02. The van der Waals surface area contributed by atoms with Crippen molar-refractivity contribution < 1.29 is 0 Å². The van der Waals surface area contributed by atoms with Gasteiger partial charge in [-0.15, -0.1) is 11.3 Å². The molecule has 1 aromatic rings. The van der Waals surface area contributed by atoms with Gasteiger partial charge in [0.2, 0.25) is 0 Å². The normalized spacial score (nSPS) is 10.1. The number of anilines is 1. The van der Waals surface area contributed by atoms with Gasteiger partial charge in [0.05, 0.1) is 4.99 Å². The summed E-state index contributed by atoms with van der Waals surface area (Å²) in [5.41, 5.74) is 5.44. The summed E-state index contributed by atoms with van der Waals surface area (Å²) in [6.07, 6.45) is 0.709. The van der Waals surface area contributed by atoms with Crippen molar-refractivity contribution in [3.05, 3.63) is 10.5 Å². The molecule has 0 aromatic carbocycles. The Kier molecular flexibility index (Phi) is 4.57. The van der Waals surface area contributed by atoms with E-state index < -0.39 is 0 Å². The highest BCUT2D eigenvalue weighted by Crippen LogP contribution is 2.23. The van der Waals surface area contributed by atoms with Crippen molar-refractivity contribution in [3.8, 4) is 0 Å². The highest BCUT2D eigenvalue weighted by atomic mass is 35.5. The van der Waals surface area contributed by atoms with Crippen LogP contribution in [-0.4, -0.2) is 23.1 Å². The molecule has 3 nitrogen and oxygen atoms in total. The van der Waals surface area contributed by atoms with Crippen LogP contribution < -0.4 is 10.6 Å². The molecule has 2 N–H and O–H groups in total. The summed E-state index contributed by atoms with van der Waals surface area (Å²) in [6.45, 7) is 3.75. The fraction of sp³-hybridized carbons (Fsp3) is 0.500. The van der Waals surface area contributed by atoms with E-state index in [1.807, 2.05) is 5.38 Å². The van der Waals surface area contributed by atoms with E-state index in [0.717, 1.165) is 18.2 Å². The van der Waals surface area contributed by atoms with Gasteiger partial charge in [0.1, 0.15) is 5.15 Å². The Morgan fingerprint density at radius 3 is 2.93 bits per heavy atom. The predicted octanol–water partition coefficient (Wildman–Crippen LogP) is 2.30. The molecule has 0 spiro atoms. The zero-order valence-electron chi connectivity index (χ0n) is 7.86. The summed E-state index contributed by atoms with van der Waals surface area (Å²) in [5, 5.41) is 3.29. The Balaban J connectivity index is 2.58. The lowest BCUT2D eigenvalue weighted by Gasteiger charge is -2.18. The molecule has 1 heterocycles. The van der Waals surface area contributed by atoms with E-state index in [1.54, 1.807) is 0 Å². The van der Waals surface area contributed by atoms with Crippen molar-refractivity contribution in [1.82, 2.24) is 4.98 Å². The lowest BCUT2D eigenvalue weighted by Crippen LogP contribution is -2.27. The number of rotatable bonds is 5. The van der Waals surface area contributed by atoms with Crippen molar-refractivity contribution in [1.29, 1.82) is 0 Å². The lowest BCUT2D eigenvalue weighted by molar-refractivity contribution is 0.832. The zero-order chi connectivity index (χ0) is 10.6. The molecule has 0 saturated carbocycles. The van der Waals surface area contributed by atoms with Crippen LogP contribution in [0.1, 0.15) is 13.3 Å². The third kappa shape index (κ3) is 3.40. The molecule has 0 saturated heterocycles. The van der Waals surface area contributed by atoms with E-state index >= 15 is 0 Å². The van der Waals surface area contributed by atoms with E-state index in [2.05, 4.69) is 16.8 Å². The van der Waals surface area contributed by atoms with Crippen molar-refractivity contribution in [2.75, 3.05) is 18.0 Å². The molecule has 0 amide bonds. The minimum absolute atomic E-state index is 0.533. The molecule has 0 aliphatic rings. The van der Waals surface area contributed by atoms with Gasteiger partial charge in [0, 0.05) is 24.9 Å². The first-order valence-electron chi connectivity index (χ1n) is 4.27. The van der Waals surface area contributed by atoms with Gasteiger partial charge in [-0.2, -0.15) is 0 Å². The molecule has 78 valence electrons. The first-order chi connectivity index (χ1) is 6.63. The van der Waals surface area contributed by atoms with Gasteiger partial charge in [0.25, 0.3) is 0 Å². The van der Waals surface area contributed by atoms with Gasteiger partial charge >= 0.3 is 0 Å². The van der Waals surface area contributed by atoms with E-state index in [1.165, 1.54) is 11.3 Å². The minimum atomic E-state index is 0.533. The Bertz CT molecular complexity index is 313. The van der Waals surface area contributed by atoms with Crippen LogP contribution in [0, 0.1) is 0 Å². The van der Waals surface area contributed by atoms with Gasteiger partial charge in [-0.25, -0.2) is 4.98 Å². The molecule has 6 heteroatoms.